The summed E-state index contributed by atoms with van der Waals surface area (Å²) in [6.07, 6.45) is 10.2. The van der Waals surface area contributed by atoms with Crippen LogP contribution in [0.2, 0.25) is 0 Å². The highest BCUT2D eigenvalue weighted by Crippen LogP contribution is 2.04. The Morgan fingerprint density at radius 3 is 2.00 bits per heavy atom. The highest BCUT2D eigenvalue weighted by Gasteiger charge is 1.91. The molecule has 0 rings (SSSR count). The second kappa shape index (κ2) is 12.9. The number of unbranched alkanes of at least 4 members (excludes halogenated alkanes) is 6. The van der Waals surface area contributed by atoms with E-state index in [2.05, 4.69) is 6.92 Å². The number of nitrogens with two attached hydrogens (primary N) is 1. The highest BCUT2D eigenvalue weighted by atomic mass is 16.5. The first kappa shape index (κ1) is 13.9. The van der Waals surface area contributed by atoms with Gasteiger partial charge in [-0.05, 0) is 25.8 Å². The fourth-order valence-electron chi connectivity index (χ4n) is 1.40. The van der Waals surface area contributed by atoms with Gasteiger partial charge < -0.3 is 10.5 Å². The molecule has 86 valence electrons. The largest absolute Gasteiger partial charge is 0.381 e. The normalized spacial score (nSPS) is 10.7. The van der Waals surface area contributed by atoms with E-state index in [0.717, 1.165) is 19.8 Å². The molecule has 0 fully saturated rings. The Hall–Kier alpha value is -0.0800. The molecule has 0 aliphatic rings. The van der Waals surface area contributed by atoms with Gasteiger partial charge in [-0.1, -0.05) is 39.0 Å². The van der Waals surface area contributed by atoms with Gasteiger partial charge in [0.1, 0.15) is 0 Å². The van der Waals surface area contributed by atoms with Gasteiger partial charge in [0.15, 0.2) is 0 Å². The second-order valence-electron chi connectivity index (χ2n) is 3.88. The lowest BCUT2D eigenvalue weighted by molar-refractivity contribution is 0.127. The molecule has 2 heteroatoms. The topological polar surface area (TPSA) is 35.2 Å². The summed E-state index contributed by atoms with van der Waals surface area (Å²) in [7, 11) is 0. The SMILES string of the molecule is CCCCOCCCCCCCCN. The van der Waals surface area contributed by atoms with Gasteiger partial charge in [0.05, 0.1) is 0 Å². The molecule has 0 radical (unpaired) electrons. The lowest BCUT2D eigenvalue weighted by Crippen LogP contribution is -1.98. The number of hydrogen-bond acceptors (Lipinski definition) is 2. The zero-order chi connectivity index (χ0) is 10.5. The van der Waals surface area contributed by atoms with E-state index in [1.54, 1.807) is 0 Å². The molecule has 0 unspecified atom stereocenters. The fourth-order valence-corrected chi connectivity index (χ4v) is 1.40. The van der Waals surface area contributed by atoms with Crippen molar-refractivity contribution in [1.29, 1.82) is 0 Å². The van der Waals surface area contributed by atoms with Gasteiger partial charge >= 0.3 is 0 Å². The third-order valence-electron chi connectivity index (χ3n) is 2.39. The first-order valence-electron chi connectivity index (χ1n) is 6.19. The minimum atomic E-state index is 0.847. The molecule has 2 nitrogen and oxygen atoms in total. The van der Waals surface area contributed by atoms with Crippen LogP contribution in [0.15, 0.2) is 0 Å². The van der Waals surface area contributed by atoms with Gasteiger partial charge in [-0.3, -0.25) is 0 Å². The lowest BCUT2D eigenvalue weighted by atomic mass is 10.1. The van der Waals surface area contributed by atoms with Crippen LogP contribution >= 0.6 is 0 Å². The molecule has 0 aliphatic carbocycles. The molecule has 2 N–H and O–H groups in total. The van der Waals surface area contributed by atoms with Gasteiger partial charge in [0.25, 0.3) is 0 Å². The monoisotopic (exact) mass is 201 g/mol. The Morgan fingerprint density at radius 2 is 1.36 bits per heavy atom. The first-order chi connectivity index (χ1) is 6.91. The average Bonchev–Trinajstić information content (AvgIpc) is 2.21. The highest BCUT2D eigenvalue weighted by molar-refractivity contribution is 4.45. The summed E-state index contributed by atoms with van der Waals surface area (Å²) < 4.78 is 5.48. The van der Waals surface area contributed by atoms with Crippen molar-refractivity contribution in [2.45, 2.75) is 58.3 Å². The van der Waals surface area contributed by atoms with E-state index in [1.807, 2.05) is 0 Å². The molecule has 0 aromatic heterocycles. The van der Waals surface area contributed by atoms with Crippen LogP contribution in [-0.2, 0) is 4.74 Å². The van der Waals surface area contributed by atoms with Crippen molar-refractivity contribution in [2.24, 2.45) is 5.73 Å². The number of hydrogen-bond donors (Lipinski definition) is 1. The Bertz CT molecular complexity index is 84.3. The Morgan fingerprint density at radius 1 is 0.786 bits per heavy atom. The predicted octanol–water partition coefficient (Wildman–Crippen LogP) is 3.10. The van der Waals surface area contributed by atoms with E-state index in [-0.39, 0.29) is 0 Å². The van der Waals surface area contributed by atoms with Gasteiger partial charge in [0.2, 0.25) is 0 Å². The summed E-state index contributed by atoms with van der Waals surface area (Å²) in [5.41, 5.74) is 5.42. The average molecular weight is 201 g/mol. The Labute approximate surface area is 89.2 Å². The molecule has 0 saturated heterocycles. The van der Waals surface area contributed by atoms with Crippen molar-refractivity contribution in [3.05, 3.63) is 0 Å². The maximum absolute atomic E-state index is 5.48. The van der Waals surface area contributed by atoms with Gasteiger partial charge in [-0.2, -0.15) is 0 Å². The lowest BCUT2D eigenvalue weighted by Gasteiger charge is -2.03. The molecule has 0 amide bonds. The van der Waals surface area contributed by atoms with E-state index in [1.165, 1.54) is 51.4 Å². The summed E-state index contributed by atoms with van der Waals surface area (Å²) in [5.74, 6) is 0. The van der Waals surface area contributed by atoms with Crippen molar-refractivity contribution in [2.75, 3.05) is 19.8 Å². The summed E-state index contributed by atoms with van der Waals surface area (Å²) in [6.45, 7) is 4.95. The van der Waals surface area contributed by atoms with E-state index in [4.69, 9.17) is 10.5 Å². The molecule has 14 heavy (non-hydrogen) atoms. The van der Waals surface area contributed by atoms with E-state index in [0.29, 0.717) is 0 Å². The first-order valence-corrected chi connectivity index (χ1v) is 6.19. The van der Waals surface area contributed by atoms with Gasteiger partial charge in [-0.15, -0.1) is 0 Å². The smallest absolute Gasteiger partial charge is 0.0466 e. The van der Waals surface area contributed by atoms with Crippen molar-refractivity contribution < 1.29 is 4.74 Å². The summed E-state index contributed by atoms with van der Waals surface area (Å²) >= 11 is 0. The van der Waals surface area contributed by atoms with Crippen molar-refractivity contribution in [3.63, 3.8) is 0 Å². The van der Waals surface area contributed by atoms with Crippen LogP contribution in [0.5, 0.6) is 0 Å². The van der Waals surface area contributed by atoms with Crippen LogP contribution in [0.25, 0.3) is 0 Å². The van der Waals surface area contributed by atoms with Gasteiger partial charge in [0, 0.05) is 13.2 Å². The molecule has 0 aromatic rings. The molecule has 0 saturated carbocycles. The molecule has 0 heterocycles. The standard InChI is InChI=1S/C12H27NO/c1-2-3-11-14-12-9-7-5-4-6-8-10-13/h2-13H2,1H3. The summed E-state index contributed by atoms with van der Waals surface area (Å²) in [5, 5.41) is 0. The van der Waals surface area contributed by atoms with E-state index < -0.39 is 0 Å². The minimum Gasteiger partial charge on any atom is -0.381 e. The van der Waals surface area contributed by atoms with E-state index >= 15 is 0 Å². The maximum Gasteiger partial charge on any atom is 0.0466 e. The van der Waals surface area contributed by atoms with Crippen LogP contribution in [0.3, 0.4) is 0 Å². The number of rotatable bonds is 11. The quantitative estimate of drug-likeness (QED) is 0.521. The predicted molar refractivity (Wildman–Crippen MR) is 62.5 cm³/mol. The van der Waals surface area contributed by atoms with Crippen LogP contribution in [-0.4, -0.2) is 19.8 Å². The van der Waals surface area contributed by atoms with E-state index in [9.17, 15) is 0 Å². The molecule has 0 spiro atoms. The Kier molecular flexibility index (Phi) is 12.8. The minimum absolute atomic E-state index is 0.847. The van der Waals surface area contributed by atoms with Crippen molar-refractivity contribution >= 4 is 0 Å². The maximum atomic E-state index is 5.48. The van der Waals surface area contributed by atoms with Crippen LogP contribution in [0.1, 0.15) is 58.3 Å². The van der Waals surface area contributed by atoms with Crippen LogP contribution in [0, 0.1) is 0 Å². The Balaban J connectivity index is 2.78. The second-order valence-corrected chi connectivity index (χ2v) is 3.88. The molecular formula is C12H27NO. The molecule has 0 atom stereocenters. The molecule has 0 aliphatic heterocycles. The molecule has 0 aromatic carbocycles. The third-order valence-corrected chi connectivity index (χ3v) is 2.39. The third kappa shape index (κ3) is 11.9. The summed E-state index contributed by atoms with van der Waals surface area (Å²) in [6, 6.07) is 0. The fraction of sp³-hybridized carbons (Fsp3) is 1.00. The van der Waals surface area contributed by atoms with Gasteiger partial charge in [-0.25, -0.2) is 0 Å². The summed E-state index contributed by atoms with van der Waals surface area (Å²) in [4.78, 5) is 0. The molecular weight excluding hydrogens is 174 g/mol. The van der Waals surface area contributed by atoms with Crippen LogP contribution < -0.4 is 5.73 Å². The molecule has 0 bridgehead atoms. The zero-order valence-corrected chi connectivity index (χ0v) is 9.76. The van der Waals surface area contributed by atoms with Crippen LogP contribution in [0.4, 0.5) is 0 Å². The number of ether oxygens (including phenoxy) is 1. The van der Waals surface area contributed by atoms with Crippen molar-refractivity contribution in [3.8, 4) is 0 Å². The zero-order valence-electron chi connectivity index (χ0n) is 9.76. The van der Waals surface area contributed by atoms with Crippen molar-refractivity contribution in [1.82, 2.24) is 0 Å².